The maximum Gasteiger partial charge on any atom is 0.410 e. The Morgan fingerprint density at radius 2 is 1.95 bits per heavy atom. The summed E-state index contributed by atoms with van der Waals surface area (Å²) in [5, 5.41) is 0. The van der Waals surface area contributed by atoms with Crippen LogP contribution in [0, 0.1) is 0 Å². The molecule has 1 aliphatic heterocycles. The Bertz CT molecular complexity index is 425. The first kappa shape index (κ1) is 15.8. The van der Waals surface area contributed by atoms with Crippen molar-refractivity contribution in [3.05, 3.63) is 35.9 Å². The highest BCUT2D eigenvalue weighted by Gasteiger charge is 2.19. The van der Waals surface area contributed by atoms with E-state index < -0.39 is 0 Å². The van der Waals surface area contributed by atoms with Crippen molar-refractivity contribution in [3.8, 4) is 0 Å². The summed E-state index contributed by atoms with van der Waals surface area (Å²) in [5.74, 6) is 0. The Morgan fingerprint density at radius 1 is 1.14 bits per heavy atom. The average Bonchev–Trinajstić information content (AvgIpc) is 2.77. The molecule has 0 aliphatic carbocycles. The minimum absolute atomic E-state index is 0.209. The molecule has 0 aromatic heterocycles. The molecule has 5 nitrogen and oxygen atoms in total. The van der Waals surface area contributed by atoms with Gasteiger partial charge in [-0.2, -0.15) is 0 Å². The van der Waals surface area contributed by atoms with E-state index in [-0.39, 0.29) is 6.09 Å². The number of nitrogens with zero attached hydrogens (tertiary/aromatic N) is 2. The van der Waals surface area contributed by atoms with Crippen molar-refractivity contribution in [3.63, 3.8) is 0 Å². The summed E-state index contributed by atoms with van der Waals surface area (Å²) >= 11 is 0. The molecule has 0 bridgehead atoms. The molecule has 0 unspecified atom stereocenters. The molecule has 0 spiro atoms. The molecule has 2 rings (SSSR count). The summed E-state index contributed by atoms with van der Waals surface area (Å²) in [5.41, 5.74) is 6.56. The molecule has 0 atom stereocenters. The number of amides is 1. The summed E-state index contributed by atoms with van der Waals surface area (Å²) in [6.45, 7) is 5.52. The number of rotatable bonds is 5. The van der Waals surface area contributed by atoms with Gasteiger partial charge in [0.25, 0.3) is 0 Å². The molecule has 1 fully saturated rings. The van der Waals surface area contributed by atoms with Crippen LogP contribution in [0.15, 0.2) is 30.3 Å². The van der Waals surface area contributed by atoms with Crippen LogP contribution in [-0.4, -0.2) is 55.2 Å². The number of ether oxygens (including phenoxy) is 1. The van der Waals surface area contributed by atoms with Crippen LogP contribution in [0.1, 0.15) is 18.4 Å². The van der Waals surface area contributed by atoms with E-state index in [9.17, 15) is 4.79 Å². The van der Waals surface area contributed by atoms with Crippen LogP contribution in [0.3, 0.4) is 0 Å². The molecular weight excluding hydrogens is 266 g/mol. The van der Waals surface area contributed by atoms with Gasteiger partial charge in [0.05, 0.1) is 0 Å². The lowest BCUT2D eigenvalue weighted by Gasteiger charge is -2.21. The first-order valence-corrected chi connectivity index (χ1v) is 7.67. The van der Waals surface area contributed by atoms with Crippen LogP contribution < -0.4 is 5.73 Å². The van der Waals surface area contributed by atoms with Gasteiger partial charge in [-0.25, -0.2) is 4.79 Å². The highest BCUT2D eigenvalue weighted by molar-refractivity contribution is 5.67. The van der Waals surface area contributed by atoms with E-state index in [1.807, 2.05) is 35.2 Å². The minimum atomic E-state index is -0.209. The Morgan fingerprint density at radius 3 is 2.71 bits per heavy atom. The molecule has 1 heterocycles. The van der Waals surface area contributed by atoms with Gasteiger partial charge in [-0.3, -0.25) is 0 Å². The van der Waals surface area contributed by atoms with Gasteiger partial charge in [0.2, 0.25) is 0 Å². The number of carbonyl (C=O) groups is 1. The van der Waals surface area contributed by atoms with Crippen molar-refractivity contribution in [1.82, 2.24) is 9.80 Å². The van der Waals surface area contributed by atoms with Gasteiger partial charge in [0.15, 0.2) is 0 Å². The van der Waals surface area contributed by atoms with Crippen LogP contribution in [-0.2, 0) is 11.3 Å². The van der Waals surface area contributed by atoms with Crippen LogP contribution in [0.4, 0.5) is 4.79 Å². The lowest BCUT2D eigenvalue weighted by molar-refractivity contribution is 0.0973. The van der Waals surface area contributed by atoms with Gasteiger partial charge in [0.1, 0.15) is 6.61 Å². The fraction of sp³-hybridized carbons (Fsp3) is 0.562. The first-order chi connectivity index (χ1) is 10.3. The van der Waals surface area contributed by atoms with E-state index >= 15 is 0 Å². The molecule has 1 aromatic rings. The van der Waals surface area contributed by atoms with Gasteiger partial charge in [-0.15, -0.1) is 0 Å². The Labute approximate surface area is 126 Å². The lowest BCUT2D eigenvalue weighted by Crippen LogP contribution is -2.36. The second-order valence-electron chi connectivity index (χ2n) is 5.36. The van der Waals surface area contributed by atoms with Gasteiger partial charge < -0.3 is 20.3 Å². The van der Waals surface area contributed by atoms with E-state index in [1.54, 1.807) is 0 Å². The Kier molecular flexibility index (Phi) is 6.50. The quantitative estimate of drug-likeness (QED) is 0.896. The van der Waals surface area contributed by atoms with Crippen LogP contribution >= 0.6 is 0 Å². The fourth-order valence-corrected chi connectivity index (χ4v) is 2.50. The largest absolute Gasteiger partial charge is 0.445 e. The molecule has 0 radical (unpaired) electrons. The third-order valence-electron chi connectivity index (χ3n) is 3.73. The number of hydrogen-bond acceptors (Lipinski definition) is 4. The second-order valence-corrected chi connectivity index (χ2v) is 5.36. The maximum absolute atomic E-state index is 12.1. The van der Waals surface area contributed by atoms with Crippen LogP contribution in [0.5, 0.6) is 0 Å². The van der Waals surface area contributed by atoms with Crippen LogP contribution in [0.25, 0.3) is 0 Å². The Balaban J connectivity index is 1.75. The zero-order valence-electron chi connectivity index (χ0n) is 12.5. The van der Waals surface area contributed by atoms with E-state index in [4.69, 9.17) is 10.5 Å². The summed E-state index contributed by atoms with van der Waals surface area (Å²) < 4.78 is 5.39. The van der Waals surface area contributed by atoms with Crippen molar-refractivity contribution in [2.24, 2.45) is 5.73 Å². The number of nitrogens with two attached hydrogens (primary N) is 1. The topological polar surface area (TPSA) is 58.8 Å². The standard InChI is InChI=1S/C16H25N3O2/c17-8-4-9-18-10-5-11-19(13-12-18)16(20)21-14-15-6-2-1-3-7-15/h1-3,6-7H,4-5,8-14,17H2. The lowest BCUT2D eigenvalue weighted by atomic mass is 10.2. The van der Waals surface area contributed by atoms with Gasteiger partial charge in [-0.05, 0) is 38.0 Å². The molecule has 1 amide bonds. The molecule has 5 heteroatoms. The molecule has 1 saturated heterocycles. The zero-order valence-corrected chi connectivity index (χ0v) is 12.5. The number of carbonyl (C=O) groups excluding carboxylic acids is 1. The van der Waals surface area contributed by atoms with Gasteiger partial charge >= 0.3 is 6.09 Å². The molecule has 1 aromatic carbocycles. The second kappa shape index (κ2) is 8.64. The number of benzene rings is 1. The number of hydrogen-bond donors (Lipinski definition) is 1. The van der Waals surface area contributed by atoms with Gasteiger partial charge in [0, 0.05) is 19.6 Å². The zero-order chi connectivity index (χ0) is 14.9. The summed E-state index contributed by atoms with van der Waals surface area (Å²) in [7, 11) is 0. The molecule has 116 valence electrons. The molecular formula is C16H25N3O2. The average molecular weight is 291 g/mol. The van der Waals surface area contributed by atoms with Crippen LogP contribution in [0.2, 0.25) is 0 Å². The fourth-order valence-electron chi connectivity index (χ4n) is 2.50. The minimum Gasteiger partial charge on any atom is -0.445 e. The summed E-state index contributed by atoms with van der Waals surface area (Å²) in [4.78, 5) is 16.3. The van der Waals surface area contributed by atoms with E-state index in [1.165, 1.54) is 0 Å². The third kappa shape index (κ3) is 5.36. The van der Waals surface area contributed by atoms with Crippen molar-refractivity contribution in [2.75, 3.05) is 39.3 Å². The van der Waals surface area contributed by atoms with E-state index in [0.29, 0.717) is 6.61 Å². The first-order valence-electron chi connectivity index (χ1n) is 7.67. The van der Waals surface area contributed by atoms with Crippen molar-refractivity contribution >= 4 is 6.09 Å². The monoisotopic (exact) mass is 291 g/mol. The highest BCUT2D eigenvalue weighted by Crippen LogP contribution is 2.07. The Hall–Kier alpha value is -1.59. The molecule has 21 heavy (non-hydrogen) atoms. The molecule has 1 aliphatic rings. The molecule has 2 N–H and O–H groups in total. The van der Waals surface area contributed by atoms with Crippen molar-refractivity contribution < 1.29 is 9.53 Å². The predicted octanol–water partition coefficient (Wildman–Crippen LogP) is 1.68. The summed E-state index contributed by atoms with van der Waals surface area (Å²) in [6, 6.07) is 9.78. The normalized spacial score (nSPS) is 16.5. The summed E-state index contributed by atoms with van der Waals surface area (Å²) in [6.07, 6.45) is 1.79. The molecule has 0 saturated carbocycles. The van der Waals surface area contributed by atoms with E-state index in [0.717, 1.165) is 57.7 Å². The van der Waals surface area contributed by atoms with E-state index in [2.05, 4.69) is 4.90 Å². The predicted molar refractivity (Wildman–Crippen MR) is 82.9 cm³/mol. The van der Waals surface area contributed by atoms with Gasteiger partial charge in [-0.1, -0.05) is 30.3 Å². The SMILES string of the molecule is NCCCN1CCCN(C(=O)OCc2ccccc2)CC1. The van der Waals surface area contributed by atoms with Crippen molar-refractivity contribution in [2.45, 2.75) is 19.4 Å². The third-order valence-corrected chi connectivity index (χ3v) is 3.73. The van der Waals surface area contributed by atoms with Crippen molar-refractivity contribution in [1.29, 1.82) is 0 Å². The highest BCUT2D eigenvalue weighted by atomic mass is 16.6. The maximum atomic E-state index is 12.1. The smallest absolute Gasteiger partial charge is 0.410 e.